The van der Waals surface area contributed by atoms with Gasteiger partial charge in [0.2, 0.25) is 0 Å². The summed E-state index contributed by atoms with van der Waals surface area (Å²) in [6, 6.07) is 0.988. The Morgan fingerprint density at radius 1 is 1.09 bits per heavy atom. The third-order valence-corrected chi connectivity index (χ3v) is 4.31. The van der Waals surface area contributed by atoms with Gasteiger partial charge >= 0.3 is 0 Å². The van der Waals surface area contributed by atoms with Crippen molar-refractivity contribution in [3.05, 3.63) is 40.8 Å². The monoisotopic (exact) mass is 347 g/mol. The molecule has 1 saturated heterocycles. The van der Waals surface area contributed by atoms with Gasteiger partial charge in [-0.3, -0.25) is 0 Å². The lowest BCUT2D eigenvalue weighted by Crippen LogP contribution is -2.34. The van der Waals surface area contributed by atoms with Crippen molar-refractivity contribution in [1.82, 2.24) is 9.55 Å². The highest BCUT2D eigenvalue weighted by Gasteiger charge is 2.28. The van der Waals surface area contributed by atoms with Gasteiger partial charge in [-0.15, -0.1) is 0 Å². The third kappa shape index (κ3) is 2.89. The van der Waals surface area contributed by atoms with Gasteiger partial charge in [-0.05, 0) is 18.8 Å². The summed E-state index contributed by atoms with van der Waals surface area (Å²) in [7, 11) is 0. The van der Waals surface area contributed by atoms with Crippen molar-refractivity contribution in [3.63, 3.8) is 0 Å². The first-order valence-corrected chi connectivity index (χ1v) is 7.60. The van der Waals surface area contributed by atoms with Gasteiger partial charge in [0.1, 0.15) is 11.5 Å². The molecule has 3 nitrogen and oxygen atoms in total. The summed E-state index contributed by atoms with van der Waals surface area (Å²) < 4.78 is 56.0. The molecule has 124 valence electrons. The summed E-state index contributed by atoms with van der Waals surface area (Å²) in [5.74, 6) is -2.93. The maximum atomic E-state index is 14.2. The number of piperidine rings is 1. The minimum absolute atomic E-state index is 0.0838. The molecular weight excluding hydrogens is 334 g/mol. The first-order chi connectivity index (χ1) is 10.9. The Balaban J connectivity index is 2.14. The van der Waals surface area contributed by atoms with Gasteiger partial charge in [-0.2, -0.15) is 9.37 Å². The molecule has 1 aliphatic rings. The molecule has 0 amide bonds. The highest BCUT2D eigenvalue weighted by Crippen LogP contribution is 2.34. The zero-order valence-electron chi connectivity index (χ0n) is 12.3. The first-order valence-electron chi connectivity index (χ1n) is 7.22. The molecule has 23 heavy (non-hydrogen) atoms. The highest BCUT2D eigenvalue weighted by atomic mass is 35.5. The Kier molecular flexibility index (Phi) is 4.23. The summed E-state index contributed by atoms with van der Waals surface area (Å²) >= 11 is 5.97. The number of nitrogens with zero attached hydrogens (tertiary/aromatic N) is 3. The largest absolute Gasteiger partial charge is 0.355 e. The van der Waals surface area contributed by atoms with Crippen LogP contribution in [0.2, 0.25) is 5.15 Å². The van der Waals surface area contributed by atoms with Gasteiger partial charge in [-0.25, -0.2) is 17.7 Å². The van der Waals surface area contributed by atoms with Crippen LogP contribution < -0.4 is 4.90 Å². The SMILES string of the molecule is CC1CCN(c2c(Cl)nc(F)n2-c2c(F)cc(F)cc2F)CC1. The molecule has 0 radical (unpaired) electrons. The minimum atomic E-state index is -1.22. The molecule has 0 N–H and O–H groups in total. The maximum absolute atomic E-state index is 14.2. The first kappa shape index (κ1) is 16.1. The van der Waals surface area contributed by atoms with Crippen LogP contribution in [0, 0.1) is 29.4 Å². The van der Waals surface area contributed by atoms with E-state index in [1.807, 2.05) is 0 Å². The number of imidazole rings is 1. The van der Waals surface area contributed by atoms with Crippen molar-refractivity contribution in [1.29, 1.82) is 0 Å². The van der Waals surface area contributed by atoms with Crippen LogP contribution in [0.5, 0.6) is 0 Å². The predicted molar refractivity (Wildman–Crippen MR) is 79.0 cm³/mol. The molecule has 0 saturated carbocycles. The zero-order chi connectivity index (χ0) is 16.7. The van der Waals surface area contributed by atoms with Crippen molar-refractivity contribution in [3.8, 4) is 5.69 Å². The van der Waals surface area contributed by atoms with Crippen molar-refractivity contribution in [2.75, 3.05) is 18.0 Å². The fourth-order valence-electron chi connectivity index (χ4n) is 2.80. The number of halogens is 5. The summed E-state index contributed by atoms with van der Waals surface area (Å²) in [5.41, 5.74) is -0.725. The van der Waals surface area contributed by atoms with E-state index in [1.165, 1.54) is 0 Å². The summed E-state index contributed by atoms with van der Waals surface area (Å²) in [6.45, 7) is 3.23. The second-order valence-corrected chi connectivity index (χ2v) is 6.08. The smallest absolute Gasteiger partial charge is 0.297 e. The molecule has 3 rings (SSSR count). The van der Waals surface area contributed by atoms with Crippen molar-refractivity contribution in [2.24, 2.45) is 5.92 Å². The predicted octanol–water partition coefficient (Wildman–Crippen LogP) is 4.32. The second-order valence-electron chi connectivity index (χ2n) is 5.72. The molecular formula is C15H14ClF4N3. The minimum Gasteiger partial charge on any atom is -0.355 e. The van der Waals surface area contributed by atoms with E-state index in [-0.39, 0.29) is 11.0 Å². The molecule has 0 bridgehead atoms. The van der Waals surface area contributed by atoms with E-state index in [1.54, 1.807) is 4.90 Å². The van der Waals surface area contributed by atoms with E-state index in [0.717, 1.165) is 12.8 Å². The van der Waals surface area contributed by atoms with Gasteiger partial charge in [0.15, 0.2) is 22.6 Å². The fraction of sp³-hybridized carbons (Fsp3) is 0.400. The average Bonchev–Trinajstić information content (AvgIpc) is 2.74. The van der Waals surface area contributed by atoms with E-state index < -0.39 is 29.2 Å². The molecule has 1 fully saturated rings. The molecule has 1 aliphatic heterocycles. The van der Waals surface area contributed by atoms with E-state index in [0.29, 0.717) is 35.7 Å². The number of hydrogen-bond acceptors (Lipinski definition) is 2. The van der Waals surface area contributed by atoms with Crippen LogP contribution in [0.3, 0.4) is 0 Å². The number of rotatable bonds is 2. The second kappa shape index (κ2) is 6.03. The summed E-state index contributed by atoms with van der Waals surface area (Å²) in [5, 5.41) is -0.180. The Hall–Kier alpha value is -1.76. The van der Waals surface area contributed by atoms with Gasteiger partial charge in [0.25, 0.3) is 6.08 Å². The van der Waals surface area contributed by atoms with E-state index >= 15 is 0 Å². The topological polar surface area (TPSA) is 21.1 Å². The Morgan fingerprint density at radius 3 is 2.22 bits per heavy atom. The van der Waals surface area contributed by atoms with Crippen LogP contribution in [0.4, 0.5) is 23.4 Å². The van der Waals surface area contributed by atoms with Gasteiger partial charge in [0, 0.05) is 25.2 Å². The van der Waals surface area contributed by atoms with E-state index in [4.69, 9.17) is 11.6 Å². The number of anilines is 1. The number of benzene rings is 1. The van der Waals surface area contributed by atoms with Crippen molar-refractivity contribution in [2.45, 2.75) is 19.8 Å². The molecule has 2 heterocycles. The zero-order valence-corrected chi connectivity index (χ0v) is 13.0. The molecule has 1 aromatic carbocycles. The van der Waals surface area contributed by atoms with Crippen LogP contribution >= 0.6 is 11.6 Å². The van der Waals surface area contributed by atoms with Crippen molar-refractivity contribution < 1.29 is 17.6 Å². The molecule has 0 spiro atoms. The lowest BCUT2D eigenvalue weighted by atomic mass is 9.99. The summed E-state index contributed by atoms with van der Waals surface area (Å²) in [6.07, 6.45) is 0.544. The molecule has 8 heteroatoms. The Bertz CT molecular complexity index is 716. The van der Waals surface area contributed by atoms with Gasteiger partial charge in [-0.1, -0.05) is 18.5 Å². The molecule has 0 unspecified atom stereocenters. The van der Waals surface area contributed by atoms with Crippen LogP contribution in [0.25, 0.3) is 5.69 Å². The van der Waals surface area contributed by atoms with Crippen LogP contribution in [0.1, 0.15) is 19.8 Å². The third-order valence-electron chi connectivity index (χ3n) is 4.06. The fourth-order valence-corrected chi connectivity index (χ4v) is 3.07. The van der Waals surface area contributed by atoms with Gasteiger partial charge in [0.05, 0.1) is 0 Å². The maximum Gasteiger partial charge on any atom is 0.297 e. The van der Waals surface area contributed by atoms with E-state index in [2.05, 4.69) is 11.9 Å². The van der Waals surface area contributed by atoms with Crippen molar-refractivity contribution >= 4 is 17.4 Å². The quantitative estimate of drug-likeness (QED) is 0.754. The van der Waals surface area contributed by atoms with Crippen LogP contribution in [0.15, 0.2) is 12.1 Å². The molecule has 0 aliphatic carbocycles. The van der Waals surface area contributed by atoms with Gasteiger partial charge < -0.3 is 4.90 Å². The standard InChI is InChI=1S/C15H14ClF4N3/c1-8-2-4-22(5-3-8)14-13(16)21-15(20)23(14)12-10(18)6-9(17)7-11(12)19/h6-8H,2-5H2,1H3. The van der Waals surface area contributed by atoms with Crippen LogP contribution in [-0.2, 0) is 0 Å². The Labute approximate surface area is 135 Å². The normalized spacial score (nSPS) is 16.2. The number of aromatic nitrogens is 2. The average molecular weight is 348 g/mol. The molecule has 1 aromatic heterocycles. The molecule has 2 aromatic rings. The Morgan fingerprint density at radius 2 is 1.65 bits per heavy atom. The van der Waals surface area contributed by atoms with E-state index in [9.17, 15) is 17.6 Å². The number of hydrogen-bond donors (Lipinski definition) is 0. The van der Waals surface area contributed by atoms with Crippen LogP contribution in [-0.4, -0.2) is 22.6 Å². The lowest BCUT2D eigenvalue weighted by Gasteiger charge is -2.32. The molecule has 0 atom stereocenters. The summed E-state index contributed by atoms with van der Waals surface area (Å²) in [4.78, 5) is 5.22. The highest BCUT2D eigenvalue weighted by molar-refractivity contribution is 6.31. The lowest BCUT2D eigenvalue weighted by molar-refractivity contribution is 0.431.